The van der Waals surface area contributed by atoms with E-state index < -0.39 is 5.82 Å². The minimum absolute atomic E-state index is 0.0966. The fourth-order valence-corrected chi connectivity index (χ4v) is 3.20. The number of anilines is 1. The lowest BCUT2D eigenvalue weighted by atomic mass is 10.1. The first-order chi connectivity index (χ1) is 12.6. The summed E-state index contributed by atoms with van der Waals surface area (Å²) in [6, 6.07) is 10.8. The Kier molecular flexibility index (Phi) is 3.91. The smallest absolute Gasteiger partial charge is 0.289 e. The number of amides is 2. The molecule has 0 saturated carbocycles. The summed E-state index contributed by atoms with van der Waals surface area (Å²) in [6.07, 6.45) is 0. The number of nitrogens with one attached hydrogen (secondary N) is 1. The molecule has 2 heterocycles. The van der Waals surface area contributed by atoms with Crippen LogP contribution in [-0.4, -0.2) is 39.4 Å². The standard InChI is InChI=1S/C19H17FN4O2/c1-2-23-8-9-24-16-7-6-12(10-15(16)22-17(24)19(23)26)18(25)21-14-5-3-4-13(20)11-14/h3-7,10-11H,2,8-9H2,1H3,(H,21,25). The van der Waals surface area contributed by atoms with Crippen LogP contribution in [0, 0.1) is 5.82 Å². The fourth-order valence-electron chi connectivity index (χ4n) is 3.20. The van der Waals surface area contributed by atoms with Gasteiger partial charge in [0.15, 0.2) is 5.82 Å². The van der Waals surface area contributed by atoms with Crippen molar-refractivity contribution in [2.45, 2.75) is 13.5 Å². The number of benzene rings is 2. The van der Waals surface area contributed by atoms with Crippen molar-refractivity contribution in [2.75, 3.05) is 18.4 Å². The van der Waals surface area contributed by atoms with Crippen molar-refractivity contribution in [2.24, 2.45) is 0 Å². The number of hydrogen-bond acceptors (Lipinski definition) is 3. The van der Waals surface area contributed by atoms with Crippen LogP contribution in [0.15, 0.2) is 42.5 Å². The van der Waals surface area contributed by atoms with Gasteiger partial charge in [0.25, 0.3) is 11.8 Å². The number of halogens is 1. The van der Waals surface area contributed by atoms with Crippen molar-refractivity contribution in [1.29, 1.82) is 0 Å². The second kappa shape index (κ2) is 6.25. The maximum absolute atomic E-state index is 13.3. The Balaban J connectivity index is 1.66. The zero-order chi connectivity index (χ0) is 18.3. The van der Waals surface area contributed by atoms with Gasteiger partial charge in [-0.15, -0.1) is 0 Å². The molecule has 132 valence electrons. The van der Waals surface area contributed by atoms with Crippen molar-refractivity contribution in [1.82, 2.24) is 14.5 Å². The molecule has 1 aromatic heterocycles. The number of likely N-dealkylation sites (N-methyl/N-ethyl adjacent to an activating group) is 1. The van der Waals surface area contributed by atoms with Gasteiger partial charge in [-0.1, -0.05) is 6.07 Å². The Morgan fingerprint density at radius 2 is 2.08 bits per heavy atom. The van der Waals surface area contributed by atoms with Crippen LogP contribution in [-0.2, 0) is 6.54 Å². The topological polar surface area (TPSA) is 67.2 Å². The highest BCUT2D eigenvalue weighted by Crippen LogP contribution is 2.22. The van der Waals surface area contributed by atoms with E-state index in [0.29, 0.717) is 42.2 Å². The van der Waals surface area contributed by atoms with Gasteiger partial charge in [-0.2, -0.15) is 0 Å². The van der Waals surface area contributed by atoms with Gasteiger partial charge in [-0.05, 0) is 43.3 Å². The van der Waals surface area contributed by atoms with Crippen LogP contribution >= 0.6 is 0 Å². The number of hydrogen-bond donors (Lipinski definition) is 1. The van der Waals surface area contributed by atoms with Gasteiger partial charge < -0.3 is 14.8 Å². The number of imidazole rings is 1. The van der Waals surface area contributed by atoms with Crippen LogP contribution in [0.2, 0.25) is 0 Å². The fraction of sp³-hybridized carbons (Fsp3) is 0.211. The van der Waals surface area contributed by atoms with Crippen molar-refractivity contribution in [3.05, 3.63) is 59.7 Å². The molecule has 6 nitrogen and oxygen atoms in total. The van der Waals surface area contributed by atoms with Gasteiger partial charge in [0, 0.05) is 30.9 Å². The second-order valence-corrected chi connectivity index (χ2v) is 6.14. The van der Waals surface area contributed by atoms with Gasteiger partial charge in [-0.25, -0.2) is 9.37 Å². The third-order valence-corrected chi connectivity index (χ3v) is 4.55. The molecule has 0 aliphatic carbocycles. The lowest BCUT2D eigenvalue weighted by Crippen LogP contribution is -2.40. The number of carbonyl (C=O) groups is 2. The molecule has 4 rings (SSSR count). The summed E-state index contributed by atoms with van der Waals surface area (Å²) in [5, 5.41) is 2.66. The van der Waals surface area contributed by atoms with Crippen molar-refractivity contribution in [3.8, 4) is 0 Å². The Hall–Kier alpha value is -3.22. The largest absolute Gasteiger partial charge is 0.334 e. The second-order valence-electron chi connectivity index (χ2n) is 6.14. The molecule has 0 radical (unpaired) electrons. The zero-order valence-electron chi connectivity index (χ0n) is 14.2. The Labute approximate surface area is 149 Å². The van der Waals surface area contributed by atoms with Crippen LogP contribution in [0.4, 0.5) is 10.1 Å². The molecule has 0 spiro atoms. The van der Waals surface area contributed by atoms with Crippen LogP contribution < -0.4 is 5.32 Å². The third-order valence-electron chi connectivity index (χ3n) is 4.55. The van der Waals surface area contributed by atoms with Gasteiger partial charge >= 0.3 is 0 Å². The molecule has 0 unspecified atom stereocenters. The van der Waals surface area contributed by atoms with E-state index in [9.17, 15) is 14.0 Å². The summed E-state index contributed by atoms with van der Waals surface area (Å²) in [4.78, 5) is 31.0. The van der Waals surface area contributed by atoms with Crippen molar-refractivity contribution < 1.29 is 14.0 Å². The molecule has 1 aliphatic rings. The first-order valence-electron chi connectivity index (χ1n) is 8.43. The van der Waals surface area contributed by atoms with E-state index in [1.807, 2.05) is 11.5 Å². The molecular weight excluding hydrogens is 335 g/mol. The lowest BCUT2D eigenvalue weighted by Gasteiger charge is -2.26. The lowest BCUT2D eigenvalue weighted by molar-refractivity contribution is 0.0709. The molecule has 26 heavy (non-hydrogen) atoms. The highest BCUT2D eigenvalue weighted by Gasteiger charge is 2.27. The van der Waals surface area contributed by atoms with Crippen LogP contribution in [0.5, 0.6) is 0 Å². The Morgan fingerprint density at radius 1 is 1.23 bits per heavy atom. The average Bonchev–Trinajstić information content (AvgIpc) is 3.01. The summed E-state index contributed by atoms with van der Waals surface area (Å²) >= 11 is 0. The van der Waals surface area contributed by atoms with Gasteiger partial charge in [0.1, 0.15) is 5.82 Å². The summed E-state index contributed by atoms with van der Waals surface area (Å²) in [5.74, 6) is -0.472. The van der Waals surface area contributed by atoms with E-state index in [4.69, 9.17) is 0 Å². The van der Waals surface area contributed by atoms with E-state index in [1.165, 1.54) is 18.2 Å². The molecule has 0 bridgehead atoms. The first kappa shape index (κ1) is 16.3. The van der Waals surface area contributed by atoms with E-state index in [2.05, 4.69) is 10.3 Å². The Morgan fingerprint density at radius 3 is 2.85 bits per heavy atom. The Bertz CT molecular complexity index is 1030. The molecular formula is C19H17FN4O2. The number of carbonyl (C=O) groups excluding carboxylic acids is 2. The molecule has 7 heteroatoms. The molecule has 0 saturated heterocycles. The molecule has 1 N–H and O–H groups in total. The van der Waals surface area contributed by atoms with E-state index in [1.54, 1.807) is 29.2 Å². The van der Waals surface area contributed by atoms with Crippen LogP contribution in [0.3, 0.4) is 0 Å². The molecule has 0 atom stereocenters. The summed E-state index contributed by atoms with van der Waals surface area (Å²) in [5.41, 5.74) is 2.20. The number of aromatic nitrogens is 2. The maximum atomic E-state index is 13.3. The molecule has 0 fully saturated rings. The van der Waals surface area contributed by atoms with Crippen LogP contribution in [0.1, 0.15) is 27.9 Å². The molecule has 3 aromatic rings. The number of nitrogens with zero attached hydrogens (tertiary/aromatic N) is 3. The van der Waals surface area contributed by atoms with Crippen molar-refractivity contribution in [3.63, 3.8) is 0 Å². The average molecular weight is 352 g/mol. The minimum Gasteiger partial charge on any atom is -0.334 e. The zero-order valence-corrected chi connectivity index (χ0v) is 14.2. The predicted molar refractivity (Wildman–Crippen MR) is 95.7 cm³/mol. The highest BCUT2D eigenvalue weighted by molar-refractivity contribution is 6.06. The predicted octanol–water partition coefficient (Wildman–Crippen LogP) is 2.90. The molecule has 2 amide bonds. The highest BCUT2D eigenvalue weighted by atomic mass is 19.1. The minimum atomic E-state index is -0.418. The molecule has 1 aliphatic heterocycles. The quantitative estimate of drug-likeness (QED) is 0.788. The van der Waals surface area contributed by atoms with Gasteiger partial charge in [-0.3, -0.25) is 9.59 Å². The summed E-state index contributed by atoms with van der Waals surface area (Å²) in [7, 11) is 0. The molecule has 2 aromatic carbocycles. The third kappa shape index (κ3) is 2.71. The van der Waals surface area contributed by atoms with Gasteiger partial charge in [0.05, 0.1) is 11.0 Å². The summed E-state index contributed by atoms with van der Waals surface area (Å²) < 4.78 is 15.1. The summed E-state index contributed by atoms with van der Waals surface area (Å²) in [6.45, 7) is 3.91. The number of fused-ring (bicyclic) bond motifs is 3. The SMILES string of the molecule is CCN1CCn2c(nc3cc(C(=O)Nc4cccc(F)c4)ccc32)C1=O. The number of rotatable bonds is 3. The first-order valence-corrected chi connectivity index (χ1v) is 8.43. The van der Waals surface area contributed by atoms with E-state index >= 15 is 0 Å². The van der Waals surface area contributed by atoms with E-state index in [-0.39, 0.29) is 11.8 Å². The normalized spacial score (nSPS) is 13.8. The van der Waals surface area contributed by atoms with Crippen molar-refractivity contribution >= 4 is 28.5 Å². The monoisotopic (exact) mass is 352 g/mol. The van der Waals surface area contributed by atoms with Crippen LogP contribution in [0.25, 0.3) is 11.0 Å². The maximum Gasteiger partial charge on any atom is 0.289 e. The van der Waals surface area contributed by atoms with E-state index in [0.717, 1.165) is 5.52 Å². The van der Waals surface area contributed by atoms with Gasteiger partial charge in [0.2, 0.25) is 0 Å².